The fraction of sp³-hybridized carbons (Fsp3) is 0.182. The lowest BCUT2D eigenvalue weighted by atomic mass is 10.3. The van der Waals surface area contributed by atoms with Gasteiger partial charge in [-0.15, -0.1) is 0 Å². The van der Waals surface area contributed by atoms with Gasteiger partial charge in [0.25, 0.3) is 0 Å². The summed E-state index contributed by atoms with van der Waals surface area (Å²) >= 11 is 0. The molecule has 0 aromatic carbocycles. The Kier molecular flexibility index (Phi) is 2.25. The van der Waals surface area contributed by atoms with E-state index < -0.39 is 0 Å². The zero-order valence-corrected chi connectivity index (χ0v) is 9.38. The Labute approximate surface area is 97.7 Å². The number of anilines is 1. The van der Waals surface area contributed by atoms with E-state index >= 15 is 0 Å². The summed E-state index contributed by atoms with van der Waals surface area (Å²) < 4.78 is 1.78. The average molecular weight is 228 g/mol. The number of pyridine rings is 1. The number of aromatic amines is 1. The van der Waals surface area contributed by atoms with Crippen molar-refractivity contribution in [3.8, 4) is 0 Å². The van der Waals surface area contributed by atoms with Gasteiger partial charge < -0.3 is 5.32 Å². The normalized spacial score (nSPS) is 10.9. The zero-order chi connectivity index (χ0) is 11.7. The van der Waals surface area contributed by atoms with Crippen LogP contribution in [0.4, 0.5) is 5.82 Å². The fourth-order valence-electron chi connectivity index (χ4n) is 1.75. The molecule has 0 saturated heterocycles. The van der Waals surface area contributed by atoms with Crippen molar-refractivity contribution in [3.05, 3.63) is 42.0 Å². The maximum absolute atomic E-state index is 4.18. The molecule has 0 radical (unpaired) electrons. The highest BCUT2D eigenvalue weighted by Gasteiger charge is 2.03. The van der Waals surface area contributed by atoms with E-state index in [0.717, 1.165) is 22.6 Å². The van der Waals surface area contributed by atoms with E-state index in [-0.39, 0.29) is 0 Å². The minimum absolute atomic E-state index is 0.703. The summed E-state index contributed by atoms with van der Waals surface area (Å²) in [5.41, 5.74) is 3.10. The topological polar surface area (TPSA) is 70.9 Å². The number of nitrogens with zero attached hydrogens (tertiary/aromatic N) is 4. The molecular weight excluding hydrogens is 216 g/mol. The highest BCUT2D eigenvalue weighted by molar-refractivity contribution is 5.51. The van der Waals surface area contributed by atoms with E-state index in [1.807, 2.05) is 25.3 Å². The molecule has 0 aliphatic carbocycles. The molecular formula is C11H12N6. The van der Waals surface area contributed by atoms with E-state index in [1.54, 1.807) is 17.0 Å². The first kappa shape index (κ1) is 9.83. The summed E-state index contributed by atoms with van der Waals surface area (Å²) in [7, 11) is 0. The van der Waals surface area contributed by atoms with Crippen molar-refractivity contribution in [3.63, 3.8) is 0 Å². The van der Waals surface area contributed by atoms with Crippen molar-refractivity contribution >= 4 is 11.5 Å². The van der Waals surface area contributed by atoms with E-state index in [1.165, 1.54) is 0 Å². The monoisotopic (exact) mass is 228 g/mol. The molecule has 86 valence electrons. The maximum atomic E-state index is 4.18. The van der Waals surface area contributed by atoms with Crippen LogP contribution >= 0.6 is 0 Å². The number of H-pyrrole nitrogens is 1. The van der Waals surface area contributed by atoms with Gasteiger partial charge in [0.2, 0.25) is 0 Å². The van der Waals surface area contributed by atoms with E-state index in [9.17, 15) is 0 Å². The van der Waals surface area contributed by atoms with Crippen LogP contribution in [0.3, 0.4) is 0 Å². The quantitative estimate of drug-likeness (QED) is 0.710. The van der Waals surface area contributed by atoms with Crippen LogP contribution in [0.1, 0.15) is 11.1 Å². The Bertz CT molecular complexity index is 625. The maximum Gasteiger partial charge on any atom is 0.157 e. The van der Waals surface area contributed by atoms with Gasteiger partial charge in [0.1, 0.15) is 12.1 Å². The van der Waals surface area contributed by atoms with Crippen LogP contribution in [-0.4, -0.2) is 24.8 Å². The lowest BCUT2D eigenvalue weighted by Gasteiger charge is -2.07. The van der Waals surface area contributed by atoms with Crippen LogP contribution in [0, 0.1) is 6.92 Å². The van der Waals surface area contributed by atoms with Crippen LogP contribution in [0.2, 0.25) is 0 Å². The van der Waals surface area contributed by atoms with Crippen LogP contribution in [0.25, 0.3) is 5.65 Å². The van der Waals surface area contributed by atoms with Crippen LogP contribution in [-0.2, 0) is 6.54 Å². The Hall–Kier alpha value is -2.37. The molecule has 0 bridgehead atoms. The third kappa shape index (κ3) is 1.84. The molecule has 3 rings (SSSR count). The smallest absolute Gasteiger partial charge is 0.157 e. The Morgan fingerprint density at radius 2 is 2.35 bits per heavy atom. The molecule has 0 atom stereocenters. The van der Waals surface area contributed by atoms with E-state index in [0.29, 0.717) is 6.54 Å². The summed E-state index contributed by atoms with van der Waals surface area (Å²) in [6.45, 7) is 2.74. The van der Waals surface area contributed by atoms with E-state index in [2.05, 4.69) is 25.6 Å². The van der Waals surface area contributed by atoms with Gasteiger partial charge in [-0.1, -0.05) is 0 Å². The molecule has 3 aromatic rings. The van der Waals surface area contributed by atoms with Gasteiger partial charge in [-0.2, -0.15) is 14.7 Å². The number of fused-ring (bicyclic) bond motifs is 1. The predicted molar refractivity (Wildman–Crippen MR) is 63.6 cm³/mol. The summed E-state index contributed by atoms with van der Waals surface area (Å²) in [5.74, 6) is 0.929. The lowest BCUT2D eigenvalue weighted by Crippen LogP contribution is -2.05. The van der Waals surface area contributed by atoms with Crippen molar-refractivity contribution in [2.24, 2.45) is 0 Å². The molecule has 17 heavy (non-hydrogen) atoms. The molecule has 0 saturated carbocycles. The standard InChI is InChI=1S/C11H12N6/c1-8-2-10(12-4-9-5-14-15-6-9)17-11(3-8)13-7-16-17/h2-3,5-7,12H,4H2,1H3,(H,14,15). The van der Waals surface area contributed by atoms with Gasteiger partial charge in [-0.25, -0.2) is 4.98 Å². The highest BCUT2D eigenvalue weighted by atomic mass is 15.3. The van der Waals surface area contributed by atoms with Gasteiger partial charge in [-0.05, 0) is 24.6 Å². The first-order chi connectivity index (χ1) is 8.33. The van der Waals surface area contributed by atoms with Crippen molar-refractivity contribution in [1.82, 2.24) is 24.8 Å². The molecule has 0 aliphatic heterocycles. The molecule has 0 fully saturated rings. The number of hydrogen-bond donors (Lipinski definition) is 2. The molecule has 0 unspecified atom stereocenters. The number of aromatic nitrogens is 5. The summed E-state index contributed by atoms with van der Waals surface area (Å²) in [4.78, 5) is 4.18. The molecule has 3 heterocycles. The molecule has 6 heteroatoms. The predicted octanol–water partition coefficient (Wildman–Crippen LogP) is 1.37. The molecule has 2 N–H and O–H groups in total. The van der Waals surface area contributed by atoms with Crippen LogP contribution < -0.4 is 5.32 Å². The highest BCUT2D eigenvalue weighted by Crippen LogP contribution is 2.13. The largest absolute Gasteiger partial charge is 0.366 e. The third-order valence-corrected chi connectivity index (χ3v) is 2.55. The number of aryl methyl sites for hydroxylation is 1. The van der Waals surface area contributed by atoms with Crippen molar-refractivity contribution in [1.29, 1.82) is 0 Å². The number of rotatable bonds is 3. The Morgan fingerprint density at radius 1 is 1.41 bits per heavy atom. The first-order valence-corrected chi connectivity index (χ1v) is 5.35. The Morgan fingerprint density at radius 3 is 3.18 bits per heavy atom. The molecule has 0 amide bonds. The van der Waals surface area contributed by atoms with Crippen molar-refractivity contribution in [2.45, 2.75) is 13.5 Å². The van der Waals surface area contributed by atoms with Gasteiger partial charge in [0.15, 0.2) is 5.65 Å². The minimum atomic E-state index is 0.703. The summed E-state index contributed by atoms with van der Waals surface area (Å²) in [6.07, 6.45) is 5.21. The lowest BCUT2D eigenvalue weighted by molar-refractivity contribution is 0.941. The average Bonchev–Trinajstić information content (AvgIpc) is 2.95. The Balaban J connectivity index is 1.91. The van der Waals surface area contributed by atoms with Gasteiger partial charge in [0.05, 0.1) is 6.20 Å². The first-order valence-electron chi connectivity index (χ1n) is 5.35. The number of nitrogens with one attached hydrogen (secondary N) is 2. The third-order valence-electron chi connectivity index (χ3n) is 2.55. The second-order valence-corrected chi connectivity index (χ2v) is 3.91. The van der Waals surface area contributed by atoms with Crippen molar-refractivity contribution < 1.29 is 0 Å². The van der Waals surface area contributed by atoms with Gasteiger partial charge >= 0.3 is 0 Å². The molecule has 0 spiro atoms. The van der Waals surface area contributed by atoms with Crippen LogP contribution in [0.15, 0.2) is 30.9 Å². The molecule has 3 aromatic heterocycles. The SMILES string of the molecule is Cc1cc(NCc2cn[nH]c2)n2ncnc2c1. The van der Waals surface area contributed by atoms with Gasteiger partial charge in [-0.3, -0.25) is 5.10 Å². The second-order valence-electron chi connectivity index (χ2n) is 3.91. The van der Waals surface area contributed by atoms with Crippen LogP contribution in [0.5, 0.6) is 0 Å². The zero-order valence-electron chi connectivity index (χ0n) is 9.38. The summed E-state index contributed by atoms with van der Waals surface area (Å²) in [5, 5.41) is 14.2. The molecule has 6 nitrogen and oxygen atoms in total. The van der Waals surface area contributed by atoms with E-state index in [4.69, 9.17) is 0 Å². The van der Waals surface area contributed by atoms with Gasteiger partial charge in [0, 0.05) is 18.3 Å². The molecule has 0 aliphatic rings. The summed E-state index contributed by atoms with van der Waals surface area (Å²) in [6, 6.07) is 4.04. The minimum Gasteiger partial charge on any atom is -0.366 e. The van der Waals surface area contributed by atoms with Crippen molar-refractivity contribution in [2.75, 3.05) is 5.32 Å². The second kappa shape index (κ2) is 3.89. The number of hydrogen-bond acceptors (Lipinski definition) is 4. The fourth-order valence-corrected chi connectivity index (χ4v) is 1.75.